The van der Waals surface area contributed by atoms with E-state index in [1.807, 2.05) is 91.9 Å². The van der Waals surface area contributed by atoms with Crippen LogP contribution in [0.5, 0.6) is 5.75 Å². The van der Waals surface area contributed by atoms with E-state index in [0.717, 1.165) is 22.6 Å². The van der Waals surface area contributed by atoms with Crippen LogP contribution in [0, 0.1) is 6.92 Å². The molecule has 3 rings (SSSR count). The zero-order valence-corrected chi connectivity index (χ0v) is 19.6. The Hall–Kier alpha value is -4.06. The van der Waals surface area contributed by atoms with Crippen LogP contribution in [0.1, 0.15) is 27.9 Å². The zero-order valence-electron chi connectivity index (χ0n) is 19.6. The summed E-state index contributed by atoms with van der Waals surface area (Å²) >= 11 is 0. The van der Waals surface area contributed by atoms with Crippen molar-refractivity contribution in [3.05, 3.63) is 102 Å². The van der Waals surface area contributed by atoms with Gasteiger partial charge in [-0.3, -0.25) is 9.59 Å². The number of benzene rings is 3. The third kappa shape index (κ3) is 7.81. The summed E-state index contributed by atoms with van der Waals surface area (Å²) in [5.74, 6) is 0.290. The molecule has 6 heteroatoms. The Labute approximate surface area is 201 Å². The molecule has 0 saturated carbocycles. The summed E-state index contributed by atoms with van der Waals surface area (Å²) in [5.41, 5.74) is 3.49. The summed E-state index contributed by atoms with van der Waals surface area (Å²) in [4.78, 5) is 25.7. The minimum atomic E-state index is -0.686. The Bertz CT molecular complexity index is 1100. The van der Waals surface area contributed by atoms with E-state index in [9.17, 15) is 9.59 Å². The van der Waals surface area contributed by atoms with Gasteiger partial charge >= 0.3 is 0 Å². The second kappa shape index (κ2) is 12.8. The second-order valence-electron chi connectivity index (χ2n) is 7.89. The van der Waals surface area contributed by atoms with Crippen molar-refractivity contribution in [3.63, 3.8) is 0 Å². The van der Waals surface area contributed by atoms with Crippen LogP contribution in [0.15, 0.2) is 84.9 Å². The Morgan fingerprint density at radius 2 is 1.71 bits per heavy atom. The van der Waals surface area contributed by atoms with Crippen molar-refractivity contribution >= 4 is 23.6 Å². The molecule has 1 atom stereocenters. The van der Waals surface area contributed by atoms with Crippen molar-refractivity contribution in [3.8, 4) is 5.75 Å². The van der Waals surface area contributed by atoms with Crippen molar-refractivity contribution < 1.29 is 14.3 Å². The molecule has 3 N–H and O–H groups in total. The molecule has 0 heterocycles. The van der Waals surface area contributed by atoms with Gasteiger partial charge in [-0.25, -0.2) is 0 Å². The van der Waals surface area contributed by atoms with Gasteiger partial charge in [-0.05, 0) is 55.3 Å². The maximum atomic E-state index is 12.9. The second-order valence-corrected chi connectivity index (χ2v) is 7.89. The predicted octanol–water partition coefficient (Wildman–Crippen LogP) is 4.43. The smallest absolute Gasteiger partial charge is 0.251 e. The number of methoxy groups -OCH3 is 1. The van der Waals surface area contributed by atoms with Crippen LogP contribution in [0.2, 0.25) is 0 Å². The zero-order chi connectivity index (χ0) is 24.2. The highest BCUT2D eigenvalue weighted by Crippen LogP contribution is 2.14. The normalized spacial score (nSPS) is 11.6. The van der Waals surface area contributed by atoms with E-state index < -0.39 is 6.04 Å². The minimum absolute atomic E-state index is 0.227. The Balaban J connectivity index is 1.58. The van der Waals surface area contributed by atoms with Crippen molar-refractivity contribution in [2.24, 2.45) is 0 Å². The molecule has 3 aromatic carbocycles. The summed E-state index contributed by atoms with van der Waals surface area (Å²) in [7, 11) is 1.63. The molecule has 6 nitrogen and oxygen atoms in total. The number of nitrogens with one attached hydrogen (secondary N) is 3. The number of rotatable bonds is 11. The third-order valence-electron chi connectivity index (χ3n) is 5.23. The van der Waals surface area contributed by atoms with Gasteiger partial charge in [0.1, 0.15) is 11.8 Å². The van der Waals surface area contributed by atoms with Gasteiger partial charge in [0.2, 0.25) is 5.91 Å². The molecule has 0 radical (unpaired) electrons. The van der Waals surface area contributed by atoms with E-state index in [1.165, 1.54) is 0 Å². The topological polar surface area (TPSA) is 79.5 Å². The maximum absolute atomic E-state index is 12.9. The highest BCUT2D eigenvalue weighted by Gasteiger charge is 2.20. The molecule has 176 valence electrons. The minimum Gasteiger partial charge on any atom is -0.497 e. The lowest BCUT2D eigenvalue weighted by atomic mass is 10.1. The van der Waals surface area contributed by atoms with E-state index in [1.54, 1.807) is 13.2 Å². The van der Waals surface area contributed by atoms with Gasteiger partial charge in [-0.1, -0.05) is 60.2 Å². The standard InChI is InChI=1S/C28H31N3O3/c1-21-8-6-12-23(20-21)27(32)31-26(13-7-11-22-9-4-3-5-10-22)28(33)30-19-18-29-24-14-16-25(34-2)17-15-24/h3-12,14-17,20,26,29H,13,18-19H2,1-2H3,(H,30,33)(H,31,32)/b11-7-. The first-order valence-corrected chi connectivity index (χ1v) is 11.3. The maximum Gasteiger partial charge on any atom is 0.251 e. The molecule has 0 spiro atoms. The molecule has 3 aromatic rings. The van der Waals surface area contributed by atoms with Gasteiger partial charge < -0.3 is 20.7 Å². The fourth-order valence-corrected chi connectivity index (χ4v) is 3.39. The van der Waals surface area contributed by atoms with Gasteiger partial charge in [0.15, 0.2) is 0 Å². The summed E-state index contributed by atoms with van der Waals surface area (Å²) < 4.78 is 5.16. The fourth-order valence-electron chi connectivity index (χ4n) is 3.39. The summed E-state index contributed by atoms with van der Waals surface area (Å²) in [6.45, 7) is 2.90. The molecule has 0 aliphatic carbocycles. The molecule has 2 amide bonds. The lowest BCUT2D eigenvalue weighted by Crippen LogP contribution is -2.47. The van der Waals surface area contributed by atoms with Gasteiger partial charge in [0.25, 0.3) is 5.91 Å². The SMILES string of the molecule is COc1ccc(NCCNC(=O)C(C/C=C\c2ccccc2)NC(=O)c2cccc(C)c2)cc1. The van der Waals surface area contributed by atoms with Crippen molar-refractivity contribution in [1.82, 2.24) is 10.6 Å². The third-order valence-corrected chi connectivity index (χ3v) is 5.23. The largest absolute Gasteiger partial charge is 0.497 e. The molecule has 0 bridgehead atoms. The molecule has 0 saturated heterocycles. The molecule has 0 aliphatic heterocycles. The van der Waals surface area contributed by atoms with Crippen LogP contribution in [0.25, 0.3) is 6.08 Å². The Morgan fingerprint density at radius 3 is 2.41 bits per heavy atom. The first-order chi connectivity index (χ1) is 16.5. The van der Waals surface area contributed by atoms with E-state index in [0.29, 0.717) is 25.1 Å². The monoisotopic (exact) mass is 457 g/mol. The number of anilines is 1. The number of ether oxygens (including phenoxy) is 1. The number of hydrogen-bond acceptors (Lipinski definition) is 4. The van der Waals surface area contributed by atoms with Gasteiger partial charge in [0, 0.05) is 24.3 Å². The van der Waals surface area contributed by atoms with Gasteiger partial charge in [-0.15, -0.1) is 0 Å². The first-order valence-electron chi connectivity index (χ1n) is 11.3. The number of carbonyl (C=O) groups excluding carboxylic acids is 2. The van der Waals surface area contributed by atoms with Crippen LogP contribution < -0.4 is 20.7 Å². The van der Waals surface area contributed by atoms with Gasteiger partial charge in [0.05, 0.1) is 7.11 Å². The number of aryl methyl sites for hydroxylation is 1. The highest BCUT2D eigenvalue weighted by molar-refractivity contribution is 5.97. The average molecular weight is 458 g/mol. The summed E-state index contributed by atoms with van der Waals surface area (Å²) in [6, 6.07) is 24.1. The highest BCUT2D eigenvalue weighted by atomic mass is 16.5. The van der Waals surface area contributed by atoms with E-state index in [2.05, 4.69) is 16.0 Å². The van der Waals surface area contributed by atoms with Crippen LogP contribution in [-0.4, -0.2) is 38.1 Å². The predicted molar refractivity (Wildman–Crippen MR) is 137 cm³/mol. The summed E-state index contributed by atoms with van der Waals surface area (Å²) in [6.07, 6.45) is 4.24. The van der Waals surface area contributed by atoms with Crippen LogP contribution in [0.3, 0.4) is 0 Å². The quantitative estimate of drug-likeness (QED) is 0.372. The van der Waals surface area contributed by atoms with E-state index in [-0.39, 0.29) is 11.8 Å². The first kappa shape index (κ1) is 24.6. The van der Waals surface area contributed by atoms with Crippen molar-refractivity contribution in [1.29, 1.82) is 0 Å². The molecule has 1 unspecified atom stereocenters. The summed E-state index contributed by atoms with van der Waals surface area (Å²) in [5, 5.41) is 9.06. The average Bonchev–Trinajstić information content (AvgIpc) is 2.86. The molecule has 0 aliphatic rings. The van der Waals surface area contributed by atoms with Crippen LogP contribution >= 0.6 is 0 Å². The number of carbonyl (C=O) groups is 2. The molecular formula is C28H31N3O3. The molecule has 0 fully saturated rings. The Morgan fingerprint density at radius 1 is 0.941 bits per heavy atom. The fraction of sp³-hybridized carbons (Fsp3) is 0.214. The Kier molecular flexibility index (Phi) is 9.29. The molecule has 0 aromatic heterocycles. The number of amides is 2. The lowest BCUT2D eigenvalue weighted by molar-refractivity contribution is -0.122. The molecular weight excluding hydrogens is 426 g/mol. The van der Waals surface area contributed by atoms with Gasteiger partial charge in [-0.2, -0.15) is 0 Å². The van der Waals surface area contributed by atoms with E-state index in [4.69, 9.17) is 4.74 Å². The van der Waals surface area contributed by atoms with Crippen LogP contribution in [-0.2, 0) is 4.79 Å². The number of hydrogen-bond donors (Lipinski definition) is 3. The lowest BCUT2D eigenvalue weighted by Gasteiger charge is -2.18. The van der Waals surface area contributed by atoms with E-state index >= 15 is 0 Å². The molecule has 34 heavy (non-hydrogen) atoms. The van der Waals surface area contributed by atoms with Crippen LogP contribution in [0.4, 0.5) is 5.69 Å². The van der Waals surface area contributed by atoms with Crippen molar-refractivity contribution in [2.45, 2.75) is 19.4 Å². The van der Waals surface area contributed by atoms with Crippen molar-refractivity contribution in [2.75, 3.05) is 25.5 Å².